The van der Waals surface area contributed by atoms with Crippen LogP contribution in [0, 0.1) is 11.3 Å². The molecule has 72 valence electrons. The van der Waals surface area contributed by atoms with Crippen LogP contribution in [0.4, 0.5) is 0 Å². The van der Waals surface area contributed by atoms with Crippen LogP contribution in [0.25, 0.3) is 0 Å². The minimum Gasteiger partial charge on any atom is -0.374 e. The lowest BCUT2D eigenvalue weighted by atomic mass is 9.79. The van der Waals surface area contributed by atoms with Crippen LogP contribution >= 0.6 is 0 Å². The fourth-order valence-electron chi connectivity index (χ4n) is 1.07. The molecular weight excluding hydrogens is 148 g/mol. The van der Waals surface area contributed by atoms with Gasteiger partial charge < -0.3 is 4.74 Å². The zero-order valence-corrected chi connectivity index (χ0v) is 9.05. The van der Waals surface area contributed by atoms with Crippen LogP contribution in [0.3, 0.4) is 0 Å². The second kappa shape index (κ2) is 4.66. The first-order valence-electron chi connectivity index (χ1n) is 4.62. The number of ether oxygens (including phenoxy) is 1. The minimum absolute atomic E-state index is 0.308. The van der Waals surface area contributed by atoms with Crippen LogP contribution in [-0.2, 0) is 4.74 Å². The third-order valence-electron chi connectivity index (χ3n) is 2.55. The molecule has 0 fully saturated rings. The van der Waals surface area contributed by atoms with Crippen LogP contribution in [0.2, 0.25) is 0 Å². The Hall–Kier alpha value is -0.300. The molecule has 0 N–H and O–H groups in total. The van der Waals surface area contributed by atoms with Crippen molar-refractivity contribution >= 4 is 0 Å². The summed E-state index contributed by atoms with van der Waals surface area (Å²) in [6.45, 7) is 15.4. The first kappa shape index (κ1) is 11.7. The Morgan fingerprint density at radius 3 is 2.17 bits per heavy atom. The Kier molecular flexibility index (Phi) is 4.54. The molecule has 0 saturated carbocycles. The topological polar surface area (TPSA) is 9.23 Å². The molecule has 0 aromatic rings. The van der Waals surface area contributed by atoms with Crippen molar-refractivity contribution in [2.75, 3.05) is 6.61 Å². The van der Waals surface area contributed by atoms with Gasteiger partial charge in [0, 0.05) is 0 Å². The van der Waals surface area contributed by atoms with Gasteiger partial charge in [-0.25, -0.2) is 0 Å². The summed E-state index contributed by atoms with van der Waals surface area (Å²) >= 11 is 0. The summed E-state index contributed by atoms with van der Waals surface area (Å²) in [4.78, 5) is 0. The largest absolute Gasteiger partial charge is 0.374 e. The van der Waals surface area contributed by atoms with Crippen molar-refractivity contribution in [1.82, 2.24) is 0 Å². The highest BCUT2D eigenvalue weighted by Gasteiger charge is 2.25. The Balaban J connectivity index is 3.92. The van der Waals surface area contributed by atoms with Gasteiger partial charge in [-0.2, -0.15) is 0 Å². The van der Waals surface area contributed by atoms with Gasteiger partial charge in [-0.15, -0.1) is 6.58 Å². The molecule has 0 aliphatic heterocycles. The zero-order valence-electron chi connectivity index (χ0n) is 9.05. The van der Waals surface area contributed by atoms with Crippen LogP contribution in [-0.4, -0.2) is 12.7 Å². The minimum atomic E-state index is 0.308. The highest BCUT2D eigenvalue weighted by atomic mass is 16.5. The monoisotopic (exact) mass is 170 g/mol. The van der Waals surface area contributed by atoms with E-state index in [0.717, 1.165) is 0 Å². The SMILES string of the molecule is C=CCO[C@@H](C)[C@H](C)C(C)(C)C. The Bertz CT molecular complexity index is 132. The lowest BCUT2D eigenvalue weighted by Crippen LogP contribution is -2.29. The molecule has 0 rings (SSSR count). The van der Waals surface area contributed by atoms with E-state index >= 15 is 0 Å². The standard InChI is InChI=1S/C11H22O/c1-7-8-12-10(3)9(2)11(4,5)6/h7,9-10H,1,8H2,2-6H3/t9-,10-/m0/s1. The molecule has 0 bridgehead atoms. The van der Waals surface area contributed by atoms with Crippen molar-refractivity contribution in [1.29, 1.82) is 0 Å². The molecule has 0 aromatic heterocycles. The summed E-state index contributed by atoms with van der Waals surface area (Å²) in [5.74, 6) is 0.567. The maximum absolute atomic E-state index is 5.56. The first-order valence-corrected chi connectivity index (χ1v) is 4.62. The van der Waals surface area contributed by atoms with E-state index in [9.17, 15) is 0 Å². The molecule has 1 heteroatoms. The fraction of sp³-hybridized carbons (Fsp3) is 0.818. The van der Waals surface area contributed by atoms with Crippen molar-refractivity contribution in [2.24, 2.45) is 11.3 Å². The van der Waals surface area contributed by atoms with Gasteiger partial charge in [0.05, 0.1) is 12.7 Å². The lowest BCUT2D eigenvalue weighted by molar-refractivity contribution is 0.00862. The molecule has 0 saturated heterocycles. The van der Waals surface area contributed by atoms with Crippen LogP contribution in [0.5, 0.6) is 0 Å². The molecule has 0 spiro atoms. The zero-order chi connectivity index (χ0) is 9.78. The molecule has 0 amide bonds. The van der Waals surface area contributed by atoms with E-state index in [1.165, 1.54) is 0 Å². The quantitative estimate of drug-likeness (QED) is 0.588. The van der Waals surface area contributed by atoms with E-state index in [1.807, 2.05) is 0 Å². The number of rotatable bonds is 4. The molecule has 0 unspecified atom stereocenters. The van der Waals surface area contributed by atoms with Crippen molar-refractivity contribution in [3.05, 3.63) is 12.7 Å². The van der Waals surface area contributed by atoms with Crippen LogP contribution in [0.1, 0.15) is 34.6 Å². The van der Waals surface area contributed by atoms with Gasteiger partial charge in [-0.05, 0) is 18.3 Å². The van der Waals surface area contributed by atoms with E-state index < -0.39 is 0 Å². The Morgan fingerprint density at radius 1 is 1.33 bits per heavy atom. The van der Waals surface area contributed by atoms with Gasteiger partial charge >= 0.3 is 0 Å². The van der Waals surface area contributed by atoms with Crippen molar-refractivity contribution < 1.29 is 4.74 Å². The van der Waals surface area contributed by atoms with Gasteiger partial charge in [0.25, 0.3) is 0 Å². The average molecular weight is 170 g/mol. The predicted molar refractivity (Wildman–Crippen MR) is 54.2 cm³/mol. The summed E-state index contributed by atoms with van der Waals surface area (Å²) in [6.07, 6.45) is 2.11. The second-order valence-electron chi connectivity index (χ2n) is 4.48. The average Bonchev–Trinajstić information content (AvgIpc) is 1.97. The highest BCUT2D eigenvalue weighted by Crippen LogP contribution is 2.29. The summed E-state index contributed by atoms with van der Waals surface area (Å²) in [7, 11) is 0. The van der Waals surface area contributed by atoms with E-state index in [0.29, 0.717) is 24.0 Å². The van der Waals surface area contributed by atoms with Crippen molar-refractivity contribution in [2.45, 2.75) is 40.7 Å². The number of hydrogen-bond acceptors (Lipinski definition) is 1. The van der Waals surface area contributed by atoms with Crippen molar-refractivity contribution in [3.63, 3.8) is 0 Å². The summed E-state index contributed by atoms with van der Waals surface area (Å²) in [5.41, 5.74) is 0.320. The smallest absolute Gasteiger partial charge is 0.0648 e. The molecule has 0 radical (unpaired) electrons. The molecule has 2 atom stereocenters. The molecule has 0 aromatic carbocycles. The molecule has 0 aliphatic rings. The third-order valence-corrected chi connectivity index (χ3v) is 2.55. The molecule has 0 heterocycles. The van der Waals surface area contributed by atoms with Gasteiger partial charge in [0.1, 0.15) is 0 Å². The van der Waals surface area contributed by atoms with Gasteiger partial charge in [-0.3, -0.25) is 0 Å². The van der Waals surface area contributed by atoms with Crippen LogP contribution < -0.4 is 0 Å². The molecular formula is C11H22O. The van der Waals surface area contributed by atoms with E-state index in [4.69, 9.17) is 4.74 Å². The summed E-state index contributed by atoms with van der Waals surface area (Å²) in [5, 5.41) is 0. The summed E-state index contributed by atoms with van der Waals surface area (Å²) in [6, 6.07) is 0. The van der Waals surface area contributed by atoms with E-state index in [2.05, 4.69) is 41.2 Å². The maximum atomic E-state index is 5.56. The third kappa shape index (κ3) is 3.91. The lowest BCUT2D eigenvalue weighted by Gasteiger charge is -2.32. The Labute approximate surface area is 76.8 Å². The highest BCUT2D eigenvalue weighted by molar-refractivity contribution is 4.76. The summed E-state index contributed by atoms with van der Waals surface area (Å²) < 4.78 is 5.56. The first-order chi connectivity index (χ1) is 5.39. The normalized spacial score (nSPS) is 17.1. The molecule has 0 aliphatic carbocycles. The maximum Gasteiger partial charge on any atom is 0.0648 e. The molecule has 1 nitrogen and oxygen atoms in total. The van der Waals surface area contributed by atoms with Crippen LogP contribution in [0.15, 0.2) is 12.7 Å². The number of hydrogen-bond donors (Lipinski definition) is 0. The van der Waals surface area contributed by atoms with E-state index in [-0.39, 0.29) is 0 Å². The second-order valence-corrected chi connectivity index (χ2v) is 4.48. The predicted octanol–water partition coefficient (Wildman–Crippen LogP) is 3.26. The van der Waals surface area contributed by atoms with Gasteiger partial charge in [0.2, 0.25) is 0 Å². The van der Waals surface area contributed by atoms with E-state index in [1.54, 1.807) is 6.08 Å². The van der Waals surface area contributed by atoms with Gasteiger partial charge in [0.15, 0.2) is 0 Å². The van der Waals surface area contributed by atoms with Gasteiger partial charge in [-0.1, -0.05) is 33.8 Å². The fourth-order valence-corrected chi connectivity index (χ4v) is 1.07. The van der Waals surface area contributed by atoms with Crippen molar-refractivity contribution in [3.8, 4) is 0 Å². The Morgan fingerprint density at radius 2 is 1.83 bits per heavy atom. The molecule has 12 heavy (non-hydrogen) atoms.